The van der Waals surface area contributed by atoms with Crippen LogP contribution in [-0.2, 0) is 4.79 Å². The number of aliphatic carboxylic acids is 1. The van der Waals surface area contributed by atoms with Gasteiger partial charge in [-0.1, -0.05) is 29.5 Å². The number of carbonyl (C=O) groups is 1. The van der Waals surface area contributed by atoms with Crippen LogP contribution < -0.4 is 5.32 Å². The predicted molar refractivity (Wildman–Crippen MR) is 76.9 cm³/mol. The van der Waals surface area contributed by atoms with Gasteiger partial charge in [0.2, 0.25) is 5.13 Å². The van der Waals surface area contributed by atoms with E-state index in [0.717, 1.165) is 11.7 Å². The molecule has 0 saturated carbocycles. The second-order valence-corrected chi connectivity index (χ2v) is 7.53. The van der Waals surface area contributed by atoms with Crippen molar-refractivity contribution in [1.82, 2.24) is 10.2 Å². The summed E-state index contributed by atoms with van der Waals surface area (Å²) in [5, 5.41) is 21.3. The van der Waals surface area contributed by atoms with E-state index in [9.17, 15) is 4.79 Å². The molecular weight excluding hydrogens is 290 g/mol. The molecule has 100 valence electrons. The zero-order valence-corrected chi connectivity index (χ0v) is 12.2. The number of hydrogen-bond acceptors (Lipinski definition) is 7. The van der Waals surface area contributed by atoms with Crippen LogP contribution in [-0.4, -0.2) is 44.6 Å². The maximum Gasteiger partial charge on any atom is 0.313 e. The third-order valence-electron chi connectivity index (χ3n) is 2.48. The van der Waals surface area contributed by atoms with Crippen LogP contribution >= 0.6 is 34.9 Å². The quantitative estimate of drug-likeness (QED) is 0.782. The second-order valence-electron chi connectivity index (χ2n) is 3.93. The second kappa shape index (κ2) is 7.20. The molecule has 1 saturated heterocycles. The highest BCUT2D eigenvalue weighted by Crippen LogP contribution is 2.28. The van der Waals surface area contributed by atoms with Crippen molar-refractivity contribution in [2.75, 3.05) is 23.4 Å². The van der Waals surface area contributed by atoms with E-state index in [0.29, 0.717) is 9.59 Å². The topological polar surface area (TPSA) is 75.1 Å². The van der Waals surface area contributed by atoms with Crippen LogP contribution in [0.2, 0.25) is 0 Å². The Bertz CT molecular complexity index is 393. The zero-order valence-electron chi connectivity index (χ0n) is 9.79. The van der Waals surface area contributed by atoms with Gasteiger partial charge in [0.15, 0.2) is 4.34 Å². The lowest BCUT2D eigenvalue weighted by molar-refractivity contribution is -0.133. The lowest BCUT2D eigenvalue weighted by Gasteiger charge is -2.20. The van der Waals surface area contributed by atoms with Crippen molar-refractivity contribution in [3.05, 3.63) is 0 Å². The number of carboxylic acid groups (broad SMARTS) is 1. The summed E-state index contributed by atoms with van der Waals surface area (Å²) >= 11 is 4.65. The largest absolute Gasteiger partial charge is 0.481 e. The minimum Gasteiger partial charge on any atom is -0.481 e. The molecule has 0 spiro atoms. The highest BCUT2D eigenvalue weighted by atomic mass is 32.2. The maximum atomic E-state index is 10.4. The average molecular weight is 305 g/mol. The van der Waals surface area contributed by atoms with Gasteiger partial charge in [0, 0.05) is 11.8 Å². The molecule has 2 N–H and O–H groups in total. The van der Waals surface area contributed by atoms with Crippen LogP contribution in [0.25, 0.3) is 0 Å². The van der Waals surface area contributed by atoms with Gasteiger partial charge >= 0.3 is 5.97 Å². The van der Waals surface area contributed by atoms with Crippen LogP contribution in [0, 0.1) is 0 Å². The molecule has 8 heteroatoms. The summed E-state index contributed by atoms with van der Waals surface area (Å²) in [5.41, 5.74) is 0. The highest BCUT2D eigenvalue weighted by molar-refractivity contribution is 8.01. The van der Waals surface area contributed by atoms with Gasteiger partial charge in [0.1, 0.15) is 0 Å². The van der Waals surface area contributed by atoms with E-state index in [1.54, 1.807) is 0 Å². The number of rotatable bonds is 6. The number of aromatic nitrogens is 2. The van der Waals surface area contributed by atoms with Gasteiger partial charge in [-0.2, -0.15) is 11.8 Å². The van der Waals surface area contributed by atoms with Crippen LogP contribution in [0.5, 0.6) is 0 Å². The first-order valence-corrected chi connectivity index (χ1v) is 8.62. The van der Waals surface area contributed by atoms with Crippen molar-refractivity contribution in [3.8, 4) is 0 Å². The van der Waals surface area contributed by atoms with Crippen LogP contribution in [0.3, 0.4) is 0 Å². The number of nitrogens with zero attached hydrogens (tertiary/aromatic N) is 2. The number of hydrogen-bond donors (Lipinski definition) is 2. The first-order valence-electron chi connectivity index (χ1n) is 5.77. The van der Waals surface area contributed by atoms with Crippen molar-refractivity contribution in [2.24, 2.45) is 0 Å². The molecule has 1 atom stereocenters. The molecule has 1 aromatic rings. The SMILES string of the molecule is O=C(O)CSc1nnc(NCC2CCCCS2)s1. The Hall–Kier alpha value is -0.470. The van der Waals surface area contributed by atoms with Gasteiger partial charge in [-0.25, -0.2) is 0 Å². The maximum absolute atomic E-state index is 10.4. The Morgan fingerprint density at radius 2 is 2.39 bits per heavy atom. The first kappa shape index (κ1) is 14.0. The standard InChI is InChI=1S/C10H15N3O2S3/c14-8(15)6-17-10-13-12-9(18-10)11-5-7-3-1-2-4-16-7/h7H,1-6H2,(H,11,12)(H,14,15). The zero-order chi connectivity index (χ0) is 12.8. The molecular formula is C10H15N3O2S3. The van der Waals surface area contributed by atoms with Crippen LogP contribution in [0.1, 0.15) is 19.3 Å². The van der Waals surface area contributed by atoms with Gasteiger partial charge in [0.25, 0.3) is 0 Å². The summed E-state index contributed by atoms with van der Waals surface area (Å²) in [5.74, 6) is 0.457. The minimum absolute atomic E-state index is 0.0348. The Morgan fingerprint density at radius 3 is 3.11 bits per heavy atom. The van der Waals surface area contributed by atoms with Crippen LogP contribution in [0.15, 0.2) is 4.34 Å². The highest BCUT2D eigenvalue weighted by Gasteiger charge is 2.14. The Morgan fingerprint density at radius 1 is 1.50 bits per heavy atom. The van der Waals surface area contributed by atoms with E-state index in [1.165, 1.54) is 48.1 Å². The molecule has 2 heterocycles. The van der Waals surface area contributed by atoms with E-state index in [1.807, 2.05) is 11.8 Å². The molecule has 0 amide bonds. The molecule has 18 heavy (non-hydrogen) atoms. The smallest absolute Gasteiger partial charge is 0.313 e. The van der Waals surface area contributed by atoms with Gasteiger partial charge in [-0.05, 0) is 18.6 Å². The number of carboxylic acids is 1. The molecule has 0 aromatic carbocycles. The molecule has 1 aliphatic rings. The normalized spacial score (nSPS) is 19.7. The molecule has 1 aliphatic heterocycles. The summed E-state index contributed by atoms with van der Waals surface area (Å²) in [6, 6.07) is 0. The number of thioether (sulfide) groups is 2. The summed E-state index contributed by atoms with van der Waals surface area (Å²) in [7, 11) is 0. The Kier molecular flexibility index (Phi) is 5.58. The van der Waals surface area contributed by atoms with Crippen molar-refractivity contribution in [3.63, 3.8) is 0 Å². The fourth-order valence-electron chi connectivity index (χ4n) is 1.63. The molecule has 1 unspecified atom stereocenters. The summed E-state index contributed by atoms with van der Waals surface area (Å²) in [4.78, 5) is 10.4. The lowest BCUT2D eigenvalue weighted by atomic mass is 10.2. The average Bonchev–Trinajstić information content (AvgIpc) is 2.83. The van der Waals surface area contributed by atoms with Gasteiger partial charge < -0.3 is 10.4 Å². The first-order chi connectivity index (χ1) is 8.74. The molecule has 0 bridgehead atoms. The summed E-state index contributed by atoms with van der Waals surface area (Å²) in [6.45, 7) is 0.920. The van der Waals surface area contributed by atoms with Crippen molar-refractivity contribution < 1.29 is 9.90 Å². The molecule has 1 fully saturated rings. The molecule has 5 nitrogen and oxygen atoms in total. The predicted octanol–water partition coefficient (Wildman–Crippen LogP) is 2.41. The van der Waals surface area contributed by atoms with Gasteiger partial charge in [-0.3, -0.25) is 4.79 Å². The molecule has 0 aliphatic carbocycles. The van der Waals surface area contributed by atoms with Crippen molar-refractivity contribution >= 4 is 46.0 Å². The third kappa shape index (κ3) is 4.66. The summed E-state index contributed by atoms with van der Waals surface area (Å²) < 4.78 is 0.705. The van der Waals surface area contributed by atoms with Crippen molar-refractivity contribution in [2.45, 2.75) is 28.9 Å². The molecule has 1 aromatic heterocycles. The fraction of sp³-hybridized carbons (Fsp3) is 0.700. The van der Waals surface area contributed by atoms with Crippen LogP contribution in [0.4, 0.5) is 5.13 Å². The molecule has 2 rings (SSSR count). The van der Waals surface area contributed by atoms with E-state index in [4.69, 9.17) is 5.11 Å². The van der Waals surface area contributed by atoms with Gasteiger partial charge in [0.05, 0.1) is 5.75 Å². The third-order valence-corrected chi connectivity index (χ3v) is 5.88. The lowest BCUT2D eigenvalue weighted by Crippen LogP contribution is -2.19. The summed E-state index contributed by atoms with van der Waals surface area (Å²) in [6.07, 6.45) is 3.90. The fourth-order valence-corrected chi connectivity index (χ4v) is 4.35. The number of nitrogens with one attached hydrogen (secondary N) is 1. The minimum atomic E-state index is -0.830. The van der Waals surface area contributed by atoms with Crippen molar-refractivity contribution in [1.29, 1.82) is 0 Å². The monoisotopic (exact) mass is 305 g/mol. The number of anilines is 1. The van der Waals surface area contributed by atoms with E-state index < -0.39 is 5.97 Å². The van der Waals surface area contributed by atoms with Gasteiger partial charge in [-0.15, -0.1) is 10.2 Å². The molecule has 0 radical (unpaired) electrons. The Labute approximate surface area is 118 Å². The van der Waals surface area contributed by atoms with E-state index in [-0.39, 0.29) is 5.75 Å². The Balaban J connectivity index is 1.73. The van der Waals surface area contributed by atoms with E-state index >= 15 is 0 Å². The van der Waals surface area contributed by atoms with E-state index in [2.05, 4.69) is 15.5 Å².